The molecule has 0 spiro atoms. The monoisotopic (exact) mass is 217 g/mol. The standard InChI is InChI=1S/C10H23N3O2/c1-2-3-8-12-13-9(10(14)15)6-4-5-7-11/h9,12-13H,2-8,11H2,1H3,(H,14,15). The number of hydrogen-bond donors (Lipinski definition) is 4. The molecule has 1 atom stereocenters. The van der Waals surface area contributed by atoms with Crippen molar-refractivity contribution in [1.29, 1.82) is 0 Å². The lowest BCUT2D eigenvalue weighted by Gasteiger charge is -2.14. The summed E-state index contributed by atoms with van der Waals surface area (Å²) in [7, 11) is 0. The quantitative estimate of drug-likeness (QED) is 0.315. The zero-order valence-electron chi connectivity index (χ0n) is 9.46. The van der Waals surface area contributed by atoms with Gasteiger partial charge in [-0.25, -0.2) is 5.43 Å². The maximum Gasteiger partial charge on any atom is 0.322 e. The predicted molar refractivity (Wildman–Crippen MR) is 60.4 cm³/mol. The number of carboxylic acid groups (broad SMARTS) is 1. The summed E-state index contributed by atoms with van der Waals surface area (Å²) in [6.07, 6.45) is 4.48. The second-order valence-electron chi connectivity index (χ2n) is 3.60. The molecule has 0 aromatic rings. The van der Waals surface area contributed by atoms with E-state index in [1.165, 1.54) is 0 Å². The van der Waals surface area contributed by atoms with E-state index in [2.05, 4.69) is 17.8 Å². The highest BCUT2D eigenvalue weighted by atomic mass is 16.4. The Morgan fingerprint density at radius 2 is 2.13 bits per heavy atom. The fourth-order valence-corrected chi connectivity index (χ4v) is 1.21. The lowest BCUT2D eigenvalue weighted by atomic mass is 10.1. The van der Waals surface area contributed by atoms with E-state index < -0.39 is 12.0 Å². The summed E-state index contributed by atoms with van der Waals surface area (Å²) in [6, 6.07) is -0.506. The van der Waals surface area contributed by atoms with Crippen LogP contribution in [-0.4, -0.2) is 30.2 Å². The molecule has 0 bridgehead atoms. The smallest absolute Gasteiger partial charge is 0.322 e. The van der Waals surface area contributed by atoms with Crippen molar-refractivity contribution in [3.05, 3.63) is 0 Å². The van der Waals surface area contributed by atoms with Gasteiger partial charge in [-0.05, 0) is 32.2 Å². The fourth-order valence-electron chi connectivity index (χ4n) is 1.21. The average Bonchev–Trinajstić information content (AvgIpc) is 2.21. The molecule has 15 heavy (non-hydrogen) atoms. The first-order chi connectivity index (χ1) is 7.22. The first kappa shape index (κ1) is 14.3. The Morgan fingerprint density at radius 1 is 1.40 bits per heavy atom. The van der Waals surface area contributed by atoms with Crippen LogP contribution in [-0.2, 0) is 4.79 Å². The molecule has 0 aromatic carbocycles. The van der Waals surface area contributed by atoms with Gasteiger partial charge in [0.1, 0.15) is 6.04 Å². The lowest BCUT2D eigenvalue weighted by Crippen LogP contribution is -2.45. The first-order valence-corrected chi connectivity index (χ1v) is 5.63. The van der Waals surface area contributed by atoms with Gasteiger partial charge >= 0.3 is 5.97 Å². The Balaban J connectivity index is 3.59. The maximum absolute atomic E-state index is 10.8. The Labute approximate surface area is 91.4 Å². The molecule has 0 aromatic heterocycles. The van der Waals surface area contributed by atoms with Crippen molar-refractivity contribution in [3.63, 3.8) is 0 Å². The van der Waals surface area contributed by atoms with Crippen molar-refractivity contribution in [2.24, 2.45) is 5.73 Å². The third-order valence-corrected chi connectivity index (χ3v) is 2.18. The molecule has 0 saturated heterocycles. The number of unbranched alkanes of at least 4 members (excludes halogenated alkanes) is 2. The molecule has 5 N–H and O–H groups in total. The molecule has 0 amide bonds. The van der Waals surface area contributed by atoms with E-state index in [4.69, 9.17) is 10.8 Å². The third-order valence-electron chi connectivity index (χ3n) is 2.18. The number of rotatable bonds is 10. The minimum absolute atomic E-state index is 0.506. The zero-order valence-corrected chi connectivity index (χ0v) is 9.46. The molecule has 90 valence electrons. The average molecular weight is 217 g/mol. The van der Waals surface area contributed by atoms with Crippen LogP contribution in [0.2, 0.25) is 0 Å². The number of carboxylic acids is 1. The largest absolute Gasteiger partial charge is 0.480 e. The SMILES string of the molecule is CCCCNNC(CCCCN)C(=O)O. The van der Waals surface area contributed by atoms with Crippen LogP contribution in [0.1, 0.15) is 39.0 Å². The van der Waals surface area contributed by atoms with E-state index in [1.54, 1.807) is 0 Å². The van der Waals surface area contributed by atoms with E-state index in [-0.39, 0.29) is 0 Å². The number of aliphatic carboxylic acids is 1. The van der Waals surface area contributed by atoms with Gasteiger partial charge in [-0.2, -0.15) is 0 Å². The van der Waals surface area contributed by atoms with Crippen molar-refractivity contribution in [3.8, 4) is 0 Å². The van der Waals surface area contributed by atoms with E-state index in [0.717, 1.165) is 32.2 Å². The molecule has 0 aliphatic rings. The summed E-state index contributed by atoms with van der Waals surface area (Å²) >= 11 is 0. The number of carbonyl (C=O) groups is 1. The minimum Gasteiger partial charge on any atom is -0.480 e. The topological polar surface area (TPSA) is 87.4 Å². The molecule has 0 radical (unpaired) electrons. The van der Waals surface area contributed by atoms with Crippen molar-refractivity contribution >= 4 is 5.97 Å². The Bertz CT molecular complexity index is 165. The molecule has 1 unspecified atom stereocenters. The highest BCUT2D eigenvalue weighted by Crippen LogP contribution is 1.99. The summed E-state index contributed by atoms with van der Waals surface area (Å²) in [4.78, 5) is 10.8. The number of hydrogen-bond acceptors (Lipinski definition) is 4. The molecule has 0 heterocycles. The predicted octanol–water partition coefficient (Wildman–Crippen LogP) is 0.463. The zero-order chi connectivity index (χ0) is 11.5. The van der Waals surface area contributed by atoms with E-state index in [0.29, 0.717) is 13.0 Å². The molecule has 0 aliphatic carbocycles. The molecular formula is C10H23N3O2. The molecule has 5 nitrogen and oxygen atoms in total. The van der Waals surface area contributed by atoms with Gasteiger partial charge in [0.05, 0.1) is 0 Å². The van der Waals surface area contributed by atoms with Crippen LogP contribution in [0.25, 0.3) is 0 Å². The normalized spacial score (nSPS) is 12.7. The number of hydrazine groups is 1. The third kappa shape index (κ3) is 8.35. The van der Waals surface area contributed by atoms with Crippen LogP contribution < -0.4 is 16.6 Å². The summed E-state index contributed by atoms with van der Waals surface area (Å²) < 4.78 is 0. The van der Waals surface area contributed by atoms with Gasteiger partial charge in [0.25, 0.3) is 0 Å². The molecule has 0 aliphatic heterocycles. The second kappa shape index (κ2) is 9.89. The van der Waals surface area contributed by atoms with Crippen LogP contribution in [0.15, 0.2) is 0 Å². The molecular weight excluding hydrogens is 194 g/mol. The van der Waals surface area contributed by atoms with Gasteiger partial charge in [-0.1, -0.05) is 13.3 Å². The number of nitrogens with two attached hydrogens (primary N) is 1. The van der Waals surface area contributed by atoms with Crippen LogP contribution in [0.5, 0.6) is 0 Å². The minimum atomic E-state index is -0.809. The molecule has 0 fully saturated rings. The van der Waals surface area contributed by atoms with Crippen molar-refractivity contribution in [2.45, 2.75) is 45.1 Å². The van der Waals surface area contributed by atoms with Crippen molar-refractivity contribution < 1.29 is 9.90 Å². The van der Waals surface area contributed by atoms with Gasteiger partial charge in [-0.3, -0.25) is 10.2 Å². The van der Waals surface area contributed by atoms with Crippen LogP contribution in [0.4, 0.5) is 0 Å². The highest BCUT2D eigenvalue weighted by Gasteiger charge is 2.15. The molecule has 0 rings (SSSR count). The summed E-state index contributed by atoms with van der Waals surface area (Å²) in [5.41, 5.74) is 11.1. The Morgan fingerprint density at radius 3 is 2.67 bits per heavy atom. The first-order valence-electron chi connectivity index (χ1n) is 5.63. The highest BCUT2D eigenvalue weighted by molar-refractivity contribution is 5.73. The van der Waals surface area contributed by atoms with Gasteiger partial charge in [0.15, 0.2) is 0 Å². The summed E-state index contributed by atoms with van der Waals surface area (Å²) in [5.74, 6) is -0.809. The molecule has 5 heteroatoms. The van der Waals surface area contributed by atoms with Crippen LogP contribution in [0.3, 0.4) is 0 Å². The van der Waals surface area contributed by atoms with E-state index in [9.17, 15) is 4.79 Å². The summed E-state index contributed by atoms with van der Waals surface area (Å²) in [5, 5.41) is 8.90. The lowest BCUT2D eigenvalue weighted by molar-refractivity contribution is -0.140. The fraction of sp³-hybridized carbons (Fsp3) is 0.900. The van der Waals surface area contributed by atoms with Crippen molar-refractivity contribution in [2.75, 3.05) is 13.1 Å². The van der Waals surface area contributed by atoms with Crippen LogP contribution >= 0.6 is 0 Å². The van der Waals surface area contributed by atoms with Gasteiger partial charge < -0.3 is 10.8 Å². The Hall–Kier alpha value is -0.650. The van der Waals surface area contributed by atoms with E-state index >= 15 is 0 Å². The van der Waals surface area contributed by atoms with Gasteiger partial charge in [0, 0.05) is 6.54 Å². The van der Waals surface area contributed by atoms with Gasteiger partial charge in [-0.15, -0.1) is 0 Å². The van der Waals surface area contributed by atoms with Gasteiger partial charge in [0.2, 0.25) is 0 Å². The van der Waals surface area contributed by atoms with Crippen LogP contribution in [0, 0.1) is 0 Å². The molecule has 0 saturated carbocycles. The van der Waals surface area contributed by atoms with Crippen molar-refractivity contribution in [1.82, 2.24) is 10.9 Å². The second-order valence-corrected chi connectivity index (χ2v) is 3.60. The Kier molecular flexibility index (Phi) is 9.46. The van der Waals surface area contributed by atoms with E-state index in [1.807, 2.05) is 0 Å². The maximum atomic E-state index is 10.8. The number of nitrogens with one attached hydrogen (secondary N) is 2. The summed E-state index contributed by atoms with van der Waals surface area (Å²) in [6.45, 7) is 3.52.